The predicted octanol–water partition coefficient (Wildman–Crippen LogP) is 3.92. The van der Waals surface area contributed by atoms with Crippen molar-refractivity contribution in [3.8, 4) is 0 Å². The molecule has 0 bridgehead atoms. The lowest BCUT2D eigenvalue weighted by molar-refractivity contribution is 0.0935. The Morgan fingerprint density at radius 1 is 1.41 bits per heavy atom. The first-order chi connectivity index (χ1) is 7.85. The first kappa shape index (κ1) is 14.2. The van der Waals surface area contributed by atoms with Crippen LogP contribution in [0.3, 0.4) is 0 Å². The van der Waals surface area contributed by atoms with Crippen LogP contribution in [0.1, 0.15) is 43.1 Å². The van der Waals surface area contributed by atoms with Crippen LogP contribution in [0.25, 0.3) is 0 Å². The second kappa shape index (κ2) is 5.67. The molecule has 0 atom stereocenters. The fourth-order valence-electron chi connectivity index (χ4n) is 1.28. The van der Waals surface area contributed by atoms with Gasteiger partial charge in [0, 0.05) is 16.6 Å². The molecule has 17 heavy (non-hydrogen) atoms. The van der Waals surface area contributed by atoms with Crippen LogP contribution in [-0.4, -0.2) is 12.5 Å². The highest BCUT2D eigenvalue weighted by atomic mass is 79.9. The largest absolute Gasteiger partial charge is 0.352 e. The summed E-state index contributed by atoms with van der Waals surface area (Å²) in [5.41, 5.74) is 1.99. The first-order valence-electron chi connectivity index (χ1n) is 5.90. The van der Waals surface area contributed by atoms with Gasteiger partial charge in [-0.2, -0.15) is 0 Å². The molecular formula is C14H20BrNO. The van der Waals surface area contributed by atoms with E-state index in [0.717, 1.165) is 16.5 Å². The zero-order valence-electron chi connectivity index (χ0n) is 10.9. The van der Waals surface area contributed by atoms with Gasteiger partial charge < -0.3 is 5.32 Å². The van der Waals surface area contributed by atoms with Gasteiger partial charge >= 0.3 is 0 Å². The standard InChI is InChI=1S/C14H20BrNO/c1-5-14(3,4)9-16-13(17)11-7-6-10(2)12(15)8-11/h6-8H,5,9H2,1-4H3,(H,16,17). The Hall–Kier alpha value is -0.830. The molecule has 0 radical (unpaired) electrons. The minimum absolute atomic E-state index is 0.00720. The molecule has 2 nitrogen and oxygen atoms in total. The Bertz CT molecular complexity index is 413. The van der Waals surface area contributed by atoms with Crippen LogP contribution in [0.2, 0.25) is 0 Å². The van der Waals surface area contributed by atoms with E-state index >= 15 is 0 Å². The van der Waals surface area contributed by atoms with Gasteiger partial charge in [0.1, 0.15) is 0 Å². The number of amides is 1. The van der Waals surface area contributed by atoms with Gasteiger partial charge in [0.2, 0.25) is 0 Å². The molecule has 3 heteroatoms. The van der Waals surface area contributed by atoms with Gasteiger partial charge in [-0.15, -0.1) is 0 Å². The summed E-state index contributed by atoms with van der Waals surface area (Å²) in [6.07, 6.45) is 1.05. The van der Waals surface area contributed by atoms with Crippen molar-refractivity contribution in [3.05, 3.63) is 33.8 Å². The summed E-state index contributed by atoms with van der Waals surface area (Å²) in [6.45, 7) is 9.14. The van der Waals surface area contributed by atoms with Crippen molar-refractivity contribution in [1.29, 1.82) is 0 Å². The number of carbonyl (C=O) groups excluding carboxylic acids is 1. The molecule has 0 spiro atoms. The van der Waals surface area contributed by atoms with Crippen molar-refractivity contribution >= 4 is 21.8 Å². The van der Waals surface area contributed by atoms with Gasteiger partial charge in [-0.05, 0) is 36.5 Å². The van der Waals surface area contributed by atoms with Gasteiger partial charge in [0.25, 0.3) is 5.91 Å². The third-order valence-electron chi connectivity index (χ3n) is 3.12. The van der Waals surface area contributed by atoms with E-state index < -0.39 is 0 Å². The van der Waals surface area contributed by atoms with E-state index in [4.69, 9.17) is 0 Å². The van der Waals surface area contributed by atoms with Crippen LogP contribution in [0.15, 0.2) is 22.7 Å². The minimum Gasteiger partial charge on any atom is -0.352 e. The van der Waals surface area contributed by atoms with E-state index in [0.29, 0.717) is 12.1 Å². The second-order valence-corrected chi connectivity index (χ2v) is 6.02. The topological polar surface area (TPSA) is 29.1 Å². The van der Waals surface area contributed by atoms with Crippen LogP contribution in [-0.2, 0) is 0 Å². The van der Waals surface area contributed by atoms with E-state index in [9.17, 15) is 4.79 Å². The lowest BCUT2D eigenvalue weighted by Gasteiger charge is -2.22. The molecule has 0 fully saturated rings. The Morgan fingerprint density at radius 2 is 2.06 bits per heavy atom. The van der Waals surface area contributed by atoms with Crippen molar-refractivity contribution in [2.45, 2.75) is 34.1 Å². The summed E-state index contributed by atoms with van der Waals surface area (Å²) < 4.78 is 0.972. The molecule has 0 heterocycles. The third-order valence-corrected chi connectivity index (χ3v) is 3.97. The van der Waals surface area contributed by atoms with E-state index in [1.165, 1.54) is 0 Å². The Morgan fingerprint density at radius 3 is 2.59 bits per heavy atom. The quantitative estimate of drug-likeness (QED) is 0.896. The van der Waals surface area contributed by atoms with Crippen LogP contribution < -0.4 is 5.32 Å². The Labute approximate surface area is 112 Å². The summed E-state index contributed by atoms with van der Waals surface area (Å²) >= 11 is 3.44. The zero-order chi connectivity index (χ0) is 13.1. The molecule has 0 aromatic heterocycles. The first-order valence-corrected chi connectivity index (χ1v) is 6.69. The molecule has 0 saturated carbocycles. The Balaban J connectivity index is 2.68. The lowest BCUT2D eigenvalue weighted by atomic mass is 9.90. The molecule has 0 saturated heterocycles. The summed E-state index contributed by atoms with van der Waals surface area (Å²) in [5.74, 6) is -0.00720. The fraction of sp³-hybridized carbons (Fsp3) is 0.500. The van der Waals surface area contributed by atoms with Crippen LogP contribution in [0.5, 0.6) is 0 Å². The molecule has 1 N–H and O–H groups in total. The second-order valence-electron chi connectivity index (χ2n) is 5.16. The van der Waals surface area contributed by atoms with E-state index in [1.54, 1.807) is 0 Å². The molecule has 0 unspecified atom stereocenters. The predicted molar refractivity (Wildman–Crippen MR) is 75.3 cm³/mol. The summed E-state index contributed by atoms with van der Waals surface area (Å²) in [5, 5.41) is 2.98. The van der Waals surface area contributed by atoms with Gasteiger partial charge in [-0.1, -0.05) is 42.8 Å². The minimum atomic E-state index is -0.00720. The van der Waals surface area contributed by atoms with Crippen molar-refractivity contribution in [3.63, 3.8) is 0 Å². The number of hydrogen-bond acceptors (Lipinski definition) is 1. The van der Waals surface area contributed by atoms with Crippen molar-refractivity contribution in [2.75, 3.05) is 6.54 Å². The molecule has 0 aliphatic heterocycles. The third kappa shape index (κ3) is 4.15. The van der Waals surface area contributed by atoms with E-state index in [1.807, 2.05) is 25.1 Å². The lowest BCUT2D eigenvalue weighted by Crippen LogP contribution is -2.33. The summed E-state index contributed by atoms with van der Waals surface area (Å²) in [4.78, 5) is 11.9. The average molecular weight is 298 g/mol. The van der Waals surface area contributed by atoms with Crippen LogP contribution >= 0.6 is 15.9 Å². The SMILES string of the molecule is CCC(C)(C)CNC(=O)c1ccc(C)c(Br)c1. The smallest absolute Gasteiger partial charge is 0.251 e. The number of nitrogens with one attached hydrogen (secondary N) is 1. The van der Waals surface area contributed by atoms with Gasteiger partial charge in [0.15, 0.2) is 0 Å². The van der Waals surface area contributed by atoms with E-state index in [-0.39, 0.29) is 11.3 Å². The molecule has 1 rings (SSSR count). The Kier molecular flexibility index (Phi) is 4.75. The molecule has 1 aromatic carbocycles. The highest BCUT2D eigenvalue weighted by Gasteiger charge is 2.16. The summed E-state index contributed by atoms with van der Waals surface area (Å²) in [7, 11) is 0. The monoisotopic (exact) mass is 297 g/mol. The van der Waals surface area contributed by atoms with Gasteiger partial charge in [-0.25, -0.2) is 0 Å². The summed E-state index contributed by atoms with van der Waals surface area (Å²) in [6, 6.07) is 5.67. The average Bonchev–Trinajstić information content (AvgIpc) is 2.30. The number of benzene rings is 1. The van der Waals surface area contributed by atoms with Crippen LogP contribution in [0, 0.1) is 12.3 Å². The van der Waals surface area contributed by atoms with Crippen molar-refractivity contribution < 1.29 is 4.79 Å². The van der Waals surface area contributed by atoms with Crippen molar-refractivity contribution in [1.82, 2.24) is 5.32 Å². The maximum atomic E-state index is 11.9. The number of aryl methyl sites for hydroxylation is 1. The zero-order valence-corrected chi connectivity index (χ0v) is 12.5. The molecule has 0 aliphatic carbocycles. The number of rotatable bonds is 4. The maximum absolute atomic E-state index is 11.9. The highest BCUT2D eigenvalue weighted by Crippen LogP contribution is 2.19. The van der Waals surface area contributed by atoms with Crippen LogP contribution in [0.4, 0.5) is 0 Å². The van der Waals surface area contributed by atoms with Gasteiger partial charge in [0.05, 0.1) is 0 Å². The molecule has 1 amide bonds. The molecule has 1 aromatic rings. The molecular weight excluding hydrogens is 278 g/mol. The van der Waals surface area contributed by atoms with Gasteiger partial charge in [-0.3, -0.25) is 4.79 Å². The number of carbonyl (C=O) groups is 1. The van der Waals surface area contributed by atoms with E-state index in [2.05, 4.69) is 42.0 Å². The molecule has 0 aliphatic rings. The number of hydrogen-bond donors (Lipinski definition) is 1. The fourth-order valence-corrected chi connectivity index (χ4v) is 1.66. The maximum Gasteiger partial charge on any atom is 0.251 e. The number of halogens is 1. The normalized spacial score (nSPS) is 11.4. The highest BCUT2D eigenvalue weighted by molar-refractivity contribution is 9.10. The van der Waals surface area contributed by atoms with Crippen molar-refractivity contribution in [2.24, 2.45) is 5.41 Å². The molecule has 94 valence electrons.